The normalized spacial score (nSPS) is 10.2. The summed E-state index contributed by atoms with van der Waals surface area (Å²) in [5.41, 5.74) is 1.35. The Hall–Kier alpha value is -1.81. The van der Waals surface area contributed by atoms with Crippen LogP contribution in [0.25, 0.3) is 0 Å². The third-order valence-corrected chi connectivity index (χ3v) is 3.44. The standard InChI is InChI=1S/C15H14FNOS/c1-19-14-7-5-12(6-8-14)15(18)17-10-11-3-2-4-13(16)9-11/h2-9H,10H2,1H3,(H,17,18). The van der Waals surface area contributed by atoms with E-state index in [1.807, 2.05) is 18.4 Å². The summed E-state index contributed by atoms with van der Waals surface area (Å²) in [7, 11) is 0. The number of carbonyl (C=O) groups is 1. The van der Waals surface area contributed by atoms with Gasteiger partial charge in [0.1, 0.15) is 5.82 Å². The average molecular weight is 275 g/mol. The molecule has 0 aliphatic heterocycles. The number of rotatable bonds is 4. The summed E-state index contributed by atoms with van der Waals surface area (Å²) in [6.07, 6.45) is 1.99. The zero-order valence-corrected chi connectivity index (χ0v) is 11.3. The zero-order valence-electron chi connectivity index (χ0n) is 10.5. The third-order valence-electron chi connectivity index (χ3n) is 2.69. The van der Waals surface area contributed by atoms with Crippen molar-refractivity contribution in [1.29, 1.82) is 0 Å². The van der Waals surface area contributed by atoms with E-state index in [9.17, 15) is 9.18 Å². The van der Waals surface area contributed by atoms with E-state index in [0.717, 1.165) is 10.5 Å². The van der Waals surface area contributed by atoms with E-state index in [1.165, 1.54) is 12.1 Å². The Balaban J connectivity index is 1.97. The van der Waals surface area contributed by atoms with Gasteiger partial charge in [0, 0.05) is 17.0 Å². The lowest BCUT2D eigenvalue weighted by molar-refractivity contribution is 0.0951. The van der Waals surface area contributed by atoms with Gasteiger partial charge in [-0.05, 0) is 48.2 Å². The van der Waals surface area contributed by atoms with Crippen molar-refractivity contribution in [1.82, 2.24) is 5.32 Å². The second kappa shape index (κ2) is 6.38. The van der Waals surface area contributed by atoms with Gasteiger partial charge in [0.25, 0.3) is 5.91 Å². The quantitative estimate of drug-likeness (QED) is 0.866. The molecule has 2 nitrogen and oxygen atoms in total. The Morgan fingerprint density at radius 1 is 1.21 bits per heavy atom. The van der Waals surface area contributed by atoms with Crippen LogP contribution < -0.4 is 5.32 Å². The molecule has 19 heavy (non-hydrogen) atoms. The van der Waals surface area contributed by atoms with Crippen LogP contribution in [0.4, 0.5) is 4.39 Å². The molecule has 0 heterocycles. The van der Waals surface area contributed by atoms with Crippen LogP contribution in [0, 0.1) is 5.82 Å². The first-order chi connectivity index (χ1) is 9.19. The molecule has 4 heteroatoms. The van der Waals surface area contributed by atoms with Crippen LogP contribution in [-0.4, -0.2) is 12.2 Å². The van der Waals surface area contributed by atoms with E-state index in [1.54, 1.807) is 36.0 Å². The fourth-order valence-corrected chi connectivity index (χ4v) is 2.08. The highest BCUT2D eigenvalue weighted by molar-refractivity contribution is 7.98. The van der Waals surface area contributed by atoms with E-state index >= 15 is 0 Å². The average Bonchev–Trinajstić information content (AvgIpc) is 2.45. The van der Waals surface area contributed by atoms with Crippen molar-refractivity contribution >= 4 is 17.7 Å². The summed E-state index contributed by atoms with van der Waals surface area (Å²) in [6, 6.07) is 13.6. The number of thioether (sulfide) groups is 1. The molecule has 0 saturated carbocycles. The highest BCUT2D eigenvalue weighted by Crippen LogP contribution is 2.14. The summed E-state index contributed by atoms with van der Waals surface area (Å²) >= 11 is 1.63. The fourth-order valence-electron chi connectivity index (χ4n) is 1.67. The molecular weight excluding hydrogens is 261 g/mol. The Kier molecular flexibility index (Phi) is 4.58. The van der Waals surface area contributed by atoms with Crippen molar-refractivity contribution in [2.45, 2.75) is 11.4 Å². The highest BCUT2D eigenvalue weighted by atomic mass is 32.2. The number of amides is 1. The van der Waals surface area contributed by atoms with Crippen molar-refractivity contribution in [3.8, 4) is 0 Å². The van der Waals surface area contributed by atoms with Gasteiger partial charge in [-0.25, -0.2) is 4.39 Å². The van der Waals surface area contributed by atoms with Gasteiger partial charge < -0.3 is 5.32 Å². The minimum absolute atomic E-state index is 0.156. The molecule has 0 fully saturated rings. The van der Waals surface area contributed by atoms with Crippen LogP contribution in [0.15, 0.2) is 53.4 Å². The molecule has 1 amide bonds. The summed E-state index contributed by atoms with van der Waals surface area (Å²) in [6.45, 7) is 0.320. The van der Waals surface area contributed by atoms with E-state index in [4.69, 9.17) is 0 Å². The van der Waals surface area contributed by atoms with Crippen molar-refractivity contribution in [2.75, 3.05) is 6.26 Å². The molecule has 0 aliphatic carbocycles. The maximum absolute atomic E-state index is 13.0. The topological polar surface area (TPSA) is 29.1 Å². The summed E-state index contributed by atoms with van der Waals surface area (Å²) in [4.78, 5) is 13.0. The molecule has 0 atom stereocenters. The molecule has 98 valence electrons. The molecule has 0 aromatic heterocycles. The number of benzene rings is 2. The van der Waals surface area contributed by atoms with Gasteiger partial charge in [-0.2, -0.15) is 0 Å². The van der Waals surface area contributed by atoms with Crippen LogP contribution in [-0.2, 0) is 6.54 Å². The Labute approximate surface area is 116 Å². The second-order valence-corrected chi connectivity index (χ2v) is 4.92. The molecule has 0 spiro atoms. The van der Waals surface area contributed by atoms with Crippen LogP contribution in [0.1, 0.15) is 15.9 Å². The summed E-state index contributed by atoms with van der Waals surface area (Å²) < 4.78 is 13.0. The zero-order chi connectivity index (χ0) is 13.7. The lowest BCUT2D eigenvalue weighted by Gasteiger charge is -2.06. The van der Waals surface area contributed by atoms with Gasteiger partial charge in [0.15, 0.2) is 0 Å². The van der Waals surface area contributed by atoms with E-state index < -0.39 is 0 Å². The first kappa shape index (κ1) is 13.6. The summed E-state index contributed by atoms with van der Waals surface area (Å²) in [5.74, 6) is -0.451. The monoisotopic (exact) mass is 275 g/mol. The number of hydrogen-bond donors (Lipinski definition) is 1. The molecule has 0 radical (unpaired) electrons. The molecular formula is C15H14FNOS. The minimum Gasteiger partial charge on any atom is -0.348 e. The van der Waals surface area contributed by atoms with E-state index in [-0.39, 0.29) is 11.7 Å². The molecule has 0 aliphatic rings. The van der Waals surface area contributed by atoms with Crippen molar-refractivity contribution in [3.05, 3.63) is 65.5 Å². The molecule has 1 N–H and O–H groups in total. The SMILES string of the molecule is CSc1ccc(C(=O)NCc2cccc(F)c2)cc1. The van der Waals surface area contributed by atoms with Gasteiger partial charge in [0.2, 0.25) is 0 Å². The van der Waals surface area contributed by atoms with Gasteiger partial charge in [-0.15, -0.1) is 11.8 Å². The van der Waals surface area contributed by atoms with Crippen LogP contribution in [0.2, 0.25) is 0 Å². The van der Waals surface area contributed by atoms with E-state index in [2.05, 4.69) is 5.32 Å². The number of carbonyl (C=O) groups excluding carboxylic acids is 1. The van der Waals surface area contributed by atoms with Crippen molar-refractivity contribution in [2.24, 2.45) is 0 Å². The maximum atomic E-state index is 13.0. The summed E-state index contributed by atoms with van der Waals surface area (Å²) in [5, 5.41) is 2.77. The number of halogens is 1. The fraction of sp³-hybridized carbons (Fsp3) is 0.133. The van der Waals surface area contributed by atoms with Crippen LogP contribution in [0.5, 0.6) is 0 Å². The first-order valence-corrected chi connectivity index (χ1v) is 7.08. The maximum Gasteiger partial charge on any atom is 0.251 e. The first-order valence-electron chi connectivity index (χ1n) is 5.86. The second-order valence-electron chi connectivity index (χ2n) is 4.04. The molecule has 0 unspecified atom stereocenters. The minimum atomic E-state index is -0.295. The molecule has 2 aromatic carbocycles. The molecule has 0 bridgehead atoms. The van der Waals surface area contributed by atoms with Crippen LogP contribution >= 0.6 is 11.8 Å². The predicted molar refractivity (Wildman–Crippen MR) is 75.8 cm³/mol. The Morgan fingerprint density at radius 2 is 1.95 bits per heavy atom. The van der Waals surface area contributed by atoms with Gasteiger partial charge in [-0.3, -0.25) is 4.79 Å². The Bertz CT molecular complexity index is 569. The highest BCUT2D eigenvalue weighted by Gasteiger charge is 2.05. The largest absolute Gasteiger partial charge is 0.348 e. The van der Waals surface area contributed by atoms with Crippen molar-refractivity contribution in [3.63, 3.8) is 0 Å². The Morgan fingerprint density at radius 3 is 2.58 bits per heavy atom. The predicted octanol–water partition coefficient (Wildman–Crippen LogP) is 3.48. The van der Waals surface area contributed by atoms with Gasteiger partial charge in [-0.1, -0.05) is 12.1 Å². The van der Waals surface area contributed by atoms with E-state index in [0.29, 0.717) is 12.1 Å². The van der Waals surface area contributed by atoms with Crippen molar-refractivity contribution < 1.29 is 9.18 Å². The van der Waals surface area contributed by atoms with Gasteiger partial charge in [0.05, 0.1) is 0 Å². The smallest absolute Gasteiger partial charge is 0.251 e. The number of nitrogens with one attached hydrogen (secondary N) is 1. The molecule has 0 saturated heterocycles. The van der Waals surface area contributed by atoms with Gasteiger partial charge >= 0.3 is 0 Å². The van der Waals surface area contributed by atoms with Crippen LogP contribution in [0.3, 0.4) is 0 Å². The number of hydrogen-bond acceptors (Lipinski definition) is 2. The lowest BCUT2D eigenvalue weighted by atomic mass is 10.2. The molecule has 2 aromatic rings. The molecule has 2 rings (SSSR count). The lowest BCUT2D eigenvalue weighted by Crippen LogP contribution is -2.22. The third kappa shape index (κ3) is 3.83.